The van der Waals surface area contributed by atoms with E-state index in [4.69, 9.17) is 0 Å². The number of nitrogens with zero attached hydrogens (tertiary/aromatic N) is 3. The van der Waals surface area contributed by atoms with E-state index < -0.39 is 0 Å². The fraction of sp³-hybridized carbons (Fsp3) is 0.188. The highest BCUT2D eigenvalue weighted by molar-refractivity contribution is 5.78. The Balaban J connectivity index is 1.98. The third-order valence-electron chi connectivity index (χ3n) is 3.48. The van der Waals surface area contributed by atoms with Crippen molar-refractivity contribution in [2.75, 3.05) is 11.9 Å². The fourth-order valence-electron chi connectivity index (χ4n) is 2.43. The summed E-state index contributed by atoms with van der Waals surface area (Å²) in [5.74, 6) is 0.807. The monoisotopic (exact) mass is 296 g/mol. The smallest absolute Gasteiger partial charge is 0.269 e. The Bertz CT molecular complexity index is 809. The summed E-state index contributed by atoms with van der Waals surface area (Å²) in [6.07, 6.45) is 0. The van der Waals surface area contributed by atoms with Crippen LogP contribution in [0.15, 0.2) is 48.5 Å². The van der Waals surface area contributed by atoms with Gasteiger partial charge in [0.15, 0.2) is 0 Å². The molecule has 0 unspecified atom stereocenters. The van der Waals surface area contributed by atoms with Crippen LogP contribution < -0.4 is 5.32 Å². The molecule has 0 aliphatic heterocycles. The van der Waals surface area contributed by atoms with Crippen LogP contribution in [0.3, 0.4) is 0 Å². The molecule has 112 valence electrons. The Hall–Kier alpha value is -2.89. The molecular weight excluding hydrogens is 280 g/mol. The lowest BCUT2D eigenvalue weighted by atomic mass is 10.2. The molecule has 3 aromatic rings. The van der Waals surface area contributed by atoms with Crippen LogP contribution in [-0.4, -0.2) is 21.0 Å². The highest BCUT2D eigenvalue weighted by atomic mass is 16.6. The topological polar surface area (TPSA) is 73.0 Å². The van der Waals surface area contributed by atoms with Gasteiger partial charge in [0.1, 0.15) is 0 Å². The molecule has 0 saturated carbocycles. The number of rotatable bonds is 5. The van der Waals surface area contributed by atoms with Crippen LogP contribution in [-0.2, 0) is 6.54 Å². The third kappa shape index (κ3) is 2.63. The van der Waals surface area contributed by atoms with Gasteiger partial charge in [0.2, 0.25) is 5.95 Å². The largest absolute Gasteiger partial charge is 0.356 e. The van der Waals surface area contributed by atoms with E-state index in [1.54, 1.807) is 12.1 Å². The van der Waals surface area contributed by atoms with Crippen molar-refractivity contribution < 1.29 is 4.92 Å². The van der Waals surface area contributed by atoms with Gasteiger partial charge in [0.25, 0.3) is 5.69 Å². The van der Waals surface area contributed by atoms with Crippen molar-refractivity contribution in [1.29, 1.82) is 0 Å². The highest BCUT2D eigenvalue weighted by Crippen LogP contribution is 2.22. The van der Waals surface area contributed by atoms with Crippen LogP contribution in [0.5, 0.6) is 0 Å². The van der Waals surface area contributed by atoms with Gasteiger partial charge in [-0.1, -0.05) is 24.3 Å². The van der Waals surface area contributed by atoms with Gasteiger partial charge >= 0.3 is 0 Å². The van der Waals surface area contributed by atoms with E-state index in [-0.39, 0.29) is 10.6 Å². The lowest BCUT2D eigenvalue weighted by Crippen LogP contribution is -2.08. The van der Waals surface area contributed by atoms with E-state index in [1.165, 1.54) is 12.1 Å². The Morgan fingerprint density at radius 2 is 1.91 bits per heavy atom. The first-order valence-corrected chi connectivity index (χ1v) is 7.11. The van der Waals surface area contributed by atoms with Crippen molar-refractivity contribution in [2.45, 2.75) is 13.5 Å². The minimum absolute atomic E-state index is 0.103. The molecule has 0 aliphatic carbocycles. The zero-order valence-corrected chi connectivity index (χ0v) is 12.2. The third-order valence-corrected chi connectivity index (χ3v) is 3.48. The number of fused-ring (bicyclic) bond motifs is 1. The standard InChI is InChI=1S/C16H16N4O2/c1-2-17-16-18-14-5-3-4-6-15(14)19(16)11-12-7-9-13(10-8-12)20(21)22/h3-10H,2,11H2,1H3,(H,17,18). The number of anilines is 1. The molecule has 6 heteroatoms. The molecular formula is C16H16N4O2. The van der Waals surface area contributed by atoms with Crippen LogP contribution in [0, 0.1) is 10.1 Å². The maximum absolute atomic E-state index is 10.7. The van der Waals surface area contributed by atoms with E-state index in [0.29, 0.717) is 6.54 Å². The minimum atomic E-state index is -0.388. The first-order valence-electron chi connectivity index (χ1n) is 7.11. The van der Waals surface area contributed by atoms with E-state index >= 15 is 0 Å². The number of nitro groups is 1. The Morgan fingerprint density at radius 3 is 2.59 bits per heavy atom. The molecule has 1 heterocycles. The first-order chi connectivity index (χ1) is 10.7. The second kappa shape index (κ2) is 5.85. The second-order valence-corrected chi connectivity index (χ2v) is 4.96. The maximum Gasteiger partial charge on any atom is 0.269 e. The van der Waals surface area contributed by atoms with Gasteiger partial charge in [-0.2, -0.15) is 0 Å². The van der Waals surface area contributed by atoms with Crippen molar-refractivity contribution in [2.24, 2.45) is 0 Å². The fourth-order valence-corrected chi connectivity index (χ4v) is 2.43. The number of non-ortho nitro benzene ring substituents is 1. The molecule has 0 saturated heterocycles. The molecule has 2 aromatic carbocycles. The van der Waals surface area contributed by atoms with Gasteiger partial charge in [-0.25, -0.2) is 4.98 Å². The first kappa shape index (κ1) is 14.1. The molecule has 0 radical (unpaired) electrons. The van der Waals surface area contributed by atoms with Crippen LogP contribution in [0.25, 0.3) is 11.0 Å². The molecule has 0 bridgehead atoms. The van der Waals surface area contributed by atoms with Crippen molar-refractivity contribution >= 4 is 22.7 Å². The van der Waals surface area contributed by atoms with Crippen molar-refractivity contribution in [3.05, 3.63) is 64.2 Å². The van der Waals surface area contributed by atoms with Crippen LogP contribution in [0.1, 0.15) is 12.5 Å². The summed E-state index contributed by atoms with van der Waals surface area (Å²) < 4.78 is 2.08. The SMILES string of the molecule is CCNc1nc2ccccc2n1Cc1ccc([N+](=O)[O-])cc1. The average Bonchev–Trinajstić information content (AvgIpc) is 2.86. The Morgan fingerprint density at radius 1 is 1.18 bits per heavy atom. The molecule has 0 aliphatic rings. The number of hydrogen-bond acceptors (Lipinski definition) is 4. The van der Waals surface area contributed by atoms with E-state index in [1.807, 2.05) is 31.2 Å². The average molecular weight is 296 g/mol. The molecule has 0 spiro atoms. The maximum atomic E-state index is 10.7. The lowest BCUT2D eigenvalue weighted by Gasteiger charge is -2.09. The number of hydrogen-bond donors (Lipinski definition) is 1. The zero-order valence-electron chi connectivity index (χ0n) is 12.2. The van der Waals surface area contributed by atoms with Crippen molar-refractivity contribution in [3.8, 4) is 0 Å². The van der Waals surface area contributed by atoms with Gasteiger partial charge < -0.3 is 9.88 Å². The predicted octanol–water partition coefficient (Wildman–Crippen LogP) is 3.42. The van der Waals surface area contributed by atoms with E-state index in [9.17, 15) is 10.1 Å². The van der Waals surface area contributed by atoms with Crippen LogP contribution in [0.2, 0.25) is 0 Å². The minimum Gasteiger partial charge on any atom is -0.356 e. The lowest BCUT2D eigenvalue weighted by molar-refractivity contribution is -0.384. The van der Waals surface area contributed by atoms with E-state index in [0.717, 1.165) is 29.1 Å². The highest BCUT2D eigenvalue weighted by Gasteiger charge is 2.11. The van der Waals surface area contributed by atoms with Gasteiger partial charge in [-0.3, -0.25) is 10.1 Å². The molecule has 0 amide bonds. The zero-order chi connectivity index (χ0) is 15.5. The summed E-state index contributed by atoms with van der Waals surface area (Å²) in [5.41, 5.74) is 3.07. The van der Waals surface area contributed by atoms with Crippen LogP contribution >= 0.6 is 0 Å². The van der Waals surface area contributed by atoms with Gasteiger partial charge in [-0.05, 0) is 24.6 Å². The molecule has 1 aromatic heterocycles. The molecule has 6 nitrogen and oxygen atoms in total. The normalized spacial score (nSPS) is 10.8. The summed E-state index contributed by atoms with van der Waals surface area (Å²) in [4.78, 5) is 14.9. The quantitative estimate of drug-likeness (QED) is 0.578. The number of imidazole rings is 1. The Labute approximate surface area is 127 Å². The number of aromatic nitrogens is 2. The number of nitrogens with one attached hydrogen (secondary N) is 1. The molecule has 22 heavy (non-hydrogen) atoms. The summed E-state index contributed by atoms with van der Waals surface area (Å²) in [6.45, 7) is 3.42. The summed E-state index contributed by atoms with van der Waals surface area (Å²) >= 11 is 0. The molecule has 3 rings (SSSR count). The molecule has 0 atom stereocenters. The van der Waals surface area contributed by atoms with Gasteiger partial charge in [-0.15, -0.1) is 0 Å². The van der Waals surface area contributed by atoms with Crippen molar-refractivity contribution in [1.82, 2.24) is 9.55 Å². The summed E-state index contributed by atoms with van der Waals surface area (Å²) in [7, 11) is 0. The van der Waals surface area contributed by atoms with Gasteiger partial charge in [0, 0.05) is 18.7 Å². The molecule has 1 N–H and O–H groups in total. The summed E-state index contributed by atoms with van der Waals surface area (Å²) in [6, 6.07) is 14.6. The van der Waals surface area contributed by atoms with Gasteiger partial charge in [0.05, 0.1) is 22.5 Å². The molecule has 0 fully saturated rings. The second-order valence-electron chi connectivity index (χ2n) is 4.96. The predicted molar refractivity (Wildman–Crippen MR) is 86.1 cm³/mol. The van der Waals surface area contributed by atoms with E-state index in [2.05, 4.69) is 14.9 Å². The Kier molecular flexibility index (Phi) is 3.74. The van der Waals surface area contributed by atoms with Crippen molar-refractivity contribution in [3.63, 3.8) is 0 Å². The van der Waals surface area contributed by atoms with Crippen LogP contribution in [0.4, 0.5) is 11.6 Å². The number of nitro benzene ring substituents is 1. The number of para-hydroxylation sites is 2. The summed E-state index contributed by atoms with van der Waals surface area (Å²) in [5, 5.41) is 14.0. The number of benzene rings is 2.